The quantitative estimate of drug-likeness (QED) is 0.898. The fourth-order valence-corrected chi connectivity index (χ4v) is 3.37. The van der Waals surface area contributed by atoms with Gasteiger partial charge in [-0.1, -0.05) is 30.3 Å². The number of nitrogens with zero attached hydrogens (tertiary/aromatic N) is 1. The van der Waals surface area contributed by atoms with E-state index in [1.807, 2.05) is 30.3 Å². The van der Waals surface area contributed by atoms with E-state index < -0.39 is 0 Å². The number of nitrogens with one attached hydrogen (secondary N) is 2. The van der Waals surface area contributed by atoms with Gasteiger partial charge >= 0.3 is 6.03 Å². The molecule has 0 bridgehead atoms. The standard InChI is InChI=1S/C17H19N3O3S/c1-18-15(21)13-7-10-24-16(13)19-17(22)20-8-9-23-14(11-20)12-5-3-2-4-6-12/h2-7,10,14H,8-9,11H2,1H3,(H,18,21)(H,19,22). The SMILES string of the molecule is CNC(=O)c1ccsc1NC(=O)N1CCOC(c2ccccc2)C1. The lowest BCUT2D eigenvalue weighted by Crippen LogP contribution is -2.44. The van der Waals surface area contributed by atoms with Gasteiger partial charge in [-0.15, -0.1) is 11.3 Å². The summed E-state index contributed by atoms with van der Waals surface area (Å²) in [5.74, 6) is -0.212. The first-order valence-electron chi connectivity index (χ1n) is 7.71. The van der Waals surface area contributed by atoms with Crippen molar-refractivity contribution in [2.45, 2.75) is 6.10 Å². The first kappa shape index (κ1) is 16.5. The summed E-state index contributed by atoms with van der Waals surface area (Å²) in [5, 5.41) is 7.75. The number of hydrogen-bond acceptors (Lipinski definition) is 4. The van der Waals surface area contributed by atoms with Crippen LogP contribution in [-0.2, 0) is 4.74 Å². The van der Waals surface area contributed by atoms with E-state index in [4.69, 9.17) is 4.74 Å². The minimum atomic E-state index is -0.216. The summed E-state index contributed by atoms with van der Waals surface area (Å²) in [4.78, 5) is 26.1. The molecule has 1 aromatic carbocycles. The Hall–Kier alpha value is -2.38. The van der Waals surface area contributed by atoms with Crippen molar-refractivity contribution in [3.05, 3.63) is 52.9 Å². The van der Waals surface area contributed by atoms with Crippen LogP contribution in [0.5, 0.6) is 0 Å². The van der Waals surface area contributed by atoms with Crippen LogP contribution in [0.3, 0.4) is 0 Å². The van der Waals surface area contributed by atoms with E-state index in [1.54, 1.807) is 23.4 Å². The summed E-state index contributed by atoms with van der Waals surface area (Å²) in [6, 6.07) is 11.3. The van der Waals surface area contributed by atoms with Crippen LogP contribution in [0.4, 0.5) is 9.80 Å². The highest BCUT2D eigenvalue weighted by Gasteiger charge is 2.26. The number of rotatable bonds is 3. The van der Waals surface area contributed by atoms with Crippen molar-refractivity contribution in [3.8, 4) is 0 Å². The number of carbonyl (C=O) groups excluding carboxylic acids is 2. The van der Waals surface area contributed by atoms with Crippen molar-refractivity contribution >= 4 is 28.3 Å². The molecule has 1 atom stereocenters. The summed E-state index contributed by atoms with van der Waals surface area (Å²) in [7, 11) is 1.57. The smallest absolute Gasteiger partial charge is 0.322 e. The molecule has 0 spiro atoms. The maximum absolute atomic E-state index is 12.5. The number of thiophene rings is 1. The largest absolute Gasteiger partial charge is 0.370 e. The van der Waals surface area contributed by atoms with Gasteiger partial charge in [0.15, 0.2) is 0 Å². The molecule has 0 aliphatic carbocycles. The summed E-state index contributed by atoms with van der Waals surface area (Å²) in [5.41, 5.74) is 1.53. The molecule has 2 N–H and O–H groups in total. The molecule has 7 heteroatoms. The molecule has 2 heterocycles. The molecule has 126 valence electrons. The summed E-state index contributed by atoms with van der Waals surface area (Å²) in [6.07, 6.45) is -0.132. The molecule has 6 nitrogen and oxygen atoms in total. The average Bonchev–Trinajstić information content (AvgIpc) is 3.10. The van der Waals surface area contributed by atoms with Crippen LogP contribution < -0.4 is 10.6 Å². The second kappa shape index (κ2) is 7.46. The Morgan fingerprint density at radius 1 is 1.25 bits per heavy atom. The van der Waals surface area contributed by atoms with E-state index in [-0.39, 0.29) is 18.0 Å². The predicted octanol–water partition coefficient (Wildman–Crippen LogP) is 2.71. The fourth-order valence-electron chi connectivity index (χ4n) is 2.60. The second-order valence-corrected chi connectivity index (χ2v) is 6.30. The maximum atomic E-state index is 12.5. The number of carbonyl (C=O) groups is 2. The van der Waals surface area contributed by atoms with Crippen molar-refractivity contribution in [1.29, 1.82) is 0 Å². The molecule has 0 saturated carbocycles. The zero-order valence-corrected chi connectivity index (χ0v) is 14.1. The molecule has 0 radical (unpaired) electrons. The first-order chi connectivity index (χ1) is 11.7. The zero-order valence-electron chi connectivity index (χ0n) is 13.3. The number of anilines is 1. The van der Waals surface area contributed by atoms with Gasteiger partial charge in [0.05, 0.1) is 18.7 Å². The molecular formula is C17H19N3O3S. The molecule has 1 unspecified atom stereocenters. The highest BCUT2D eigenvalue weighted by molar-refractivity contribution is 7.14. The van der Waals surface area contributed by atoms with E-state index in [0.717, 1.165) is 5.56 Å². The number of benzene rings is 1. The minimum absolute atomic E-state index is 0.132. The molecule has 1 saturated heterocycles. The van der Waals surface area contributed by atoms with E-state index in [0.29, 0.717) is 30.3 Å². The molecule has 3 rings (SSSR count). The van der Waals surface area contributed by atoms with Crippen molar-refractivity contribution in [2.75, 3.05) is 32.1 Å². The lowest BCUT2D eigenvalue weighted by atomic mass is 10.1. The van der Waals surface area contributed by atoms with Crippen LogP contribution in [-0.4, -0.2) is 43.6 Å². The molecule has 1 aliphatic rings. The van der Waals surface area contributed by atoms with Gasteiger partial charge in [-0.25, -0.2) is 4.79 Å². The van der Waals surface area contributed by atoms with Crippen LogP contribution in [0, 0.1) is 0 Å². The first-order valence-corrected chi connectivity index (χ1v) is 8.59. The Labute approximate surface area is 144 Å². The van der Waals surface area contributed by atoms with Gasteiger partial charge in [-0.05, 0) is 17.0 Å². The van der Waals surface area contributed by atoms with E-state index in [9.17, 15) is 9.59 Å². The fraction of sp³-hybridized carbons (Fsp3) is 0.294. The van der Waals surface area contributed by atoms with Crippen LogP contribution in [0.2, 0.25) is 0 Å². The Balaban J connectivity index is 1.67. The lowest BCUT2D eigenvalue weighted by molar-refractivity contribution is -0.0134. The van der Waals surface area contributed by atoms with Gasteiger partial charge in [-0.2, -0.15) is 0 Å². The van der Waals surface area contributed by atoms with Gasteiger partial charge in [-0.3, -0.25) is 10.1 Å². The van der Waals surface area contributed by atoms with Crippen LogP contribution in [0.1, 0.15) is 22.0 Å². The number of morpholine rings is 1. The third-order valence-electron chi connectivity index (χ3n) is 3.88. The van der Waals surface area contributed by atoms with E-state index in [2.05, 4.69) is 10.6 Å². The second-order valence-electron chi connectivity index (χ2n) is 5.39. The molecule has 1 aliphatic heterocycles. The third kappa shape index (κ3) is 3.58. The number of ether oxygens (including phenoxy) is 1. The summed E-state index contributed by atoms with van der Waals surface area (Å²) in [6.45, 7) is 1.49. The predicted molar refractivity (Wildman–Crippen MR) is 93.4 cm³/mol. The normalized spacial score (nSPS) is 17.4. The monoisotopic (exact) mass is 345 g/mol. The van der Waals surface area contributed by atoms with Gasteiger partial charge in [0.25, 0.3) is 5.91 Å². The van der Waals surface area contributed by atoms with Gasteiger partial charge < -0.3 is 15.0 Å². The Kier molecular flexibility index (Phi) is 5.12. The minimum Gasteiger partial charge on any atom is -0.370 e. The maximum Gasteiger partial charge on any atom is 0.322 e. The highest BCUT2D eigenvalue weighted by Crippen LogP contribution is 2.25. The van der Waals surface area contributed by atoms with Gasteiger partial charge in [0.1, 0.15) is 11.1 Å². The van der Waals surface area contributed by atoms with E-state index >= 15 is 0 Å². The number of hydrogen-bond donors (Lipinski definition) is 2. The molecule has 2 aromatic rings. The Morgan fingerprint density at radius 3 is 2.79 bits per heavy atom. The van der Waals surface area contributed by atoms with Crippen molar-refractivity contribution in [3.63, 3.8) is 0 Å². The molecule has 3 amide bonds. The highest BCUT2D eigenvalue weighted by atomic mass is 32.1. The van der Waals surface area contributed by atoms with Gasteiger partial charge in [0.2, 0.25) is 0 Å². The summed E-state index contributed by atoms with van der Waals surface area (Å²) >= 11 is 1.33. The van der Waals surface area contributed by atoms with E-state index in [1.165, 1.54) is 11.3 Å². The molecular weight excluding hydrogens is 326 g/mol. The molecule has 24 heavy (non-hydrogen) atoms. The van der Waals surface area contributed by atoms with Crippen molar-refractivity contribution in [2.24, 2.45) is 0 Å². The van der Waals surface area contributed by atoms with Crippen LogP contribution in [0.25, 0.3) is 0 Å². The van der Waals surface area contributed by atoms with Crippen LogP contribution >= 0.6 is 11.3 Å². The average molecular weight is 345 g/mol. The zero-order chi connectivity index (χ0) is 16.9. The number of urea groups is 1. The van der Waals surface area contributed by atoms with Crippen LogP contribution in [0.15, 0.2) is 41.8 Å². The molecule has 1 aromatic heterocycles. The Morgan fingerprint density at radius 2 is 2.04 bits per heavy atom. The lowest BCUT2D eigenvalue weighted by Gasteiger charge is -2.33. The number of amides is 3. The molecule has 1 fully saturated rings. The summed E-state index contributed by atoms with van der Waals surface area (Å²) < 4.78 is 5.78. The van der Waals surface area contributed by atoms with Gasteiger partial charge in [0, 0.05) is 13.6 Å². The topological polar surface area (TPSA) is 70.7 Å². The Bertz CT molecular complexity index is 717. The van der Waals surface area contributed by atoms with Crippen molar-refractivity contribution in [1.82, 2.24) is 10.2 Å². The third-order valence-corrected chi connectivity index (χ3v) is 4.71. The van der Waals surface area contributed by atoms with Crippen molar-refractivity contribution < 1.29 is 14.3 Å².